The lowest BCUT2D eigenvalue weighted by atomic mass is 10.4. The number of nitrogens with zero attached hydrogens (tertiary/aromatic N) is 1. The lowest BCUT2D eigenvalue weighted by Crippen LogP contribution is -2.43. The fourth-order valence-corrected chi connectivity index (χ4v) is 7.58. The highest BCUT2D eigenvalue weighted by Crippen LogP contribution is 2.36. The minimum atomic E-state index is -3.65. The highest BCUT2D eigenvalue weighted by molar-refractivity contribution is 9.11. The van der Waals surface area contributed by atoms with Crippen molar-refractivity contribution in [3.63, 3.8) is 0 Å². The lowest BCUT2D eigenvalue weighted by molar-refractivity contribution is 0.0702. The third-order valence-corrected chi connectivity index (χ3v) is 8.17. The van der Waals surface area contributed by atoms with Gasteiger partial charge in [0.15, 0.2) is 0 Å². The number of hydrogen-bond acceptors (Lipinski definition) is 5. The number of hydrogen-bond donors (Lipinski definition) is 1. The van der Waals surface area contributed by atoms with Crippen molar-refractivity contribution in [1.29, 1.82) is 0 Å². The normalized spacial score (nSPS) is 24.8. The van der Waals surface area contributed by atoms with Gasteiger partial charge in [0.2, 0.25) is 10.0 Å². The van der Waals surface area contributed by atoms with E-state index in [9.17, 15) is 13.2 Å². The maximum atomic E-state index is 12.6. The largest absolute Gasteiger partial charge is 0.477 e. The first-order chi connectivity index (χ1) is 9.21. The van der Waals surface area contributed by atoms with Crippen LogP contribution in [0.25, 0.3) is 0 Å². The van der Waals surface area contributed by atoms with Crippen LogP contribution in [0.2, 0.25) is 0 Å². The topological polar surface area (TPSA) is 74.7 Å². The molecule has 20 heavy (non-hydrogen) atoms. The predicted molar refractivity (Wildman–Crippen MR) is 84.3 cm³/mol. The van der Waals surface area contributed by atoms with Crippen molar-refractivity contribution in [2.45, 2.75) is 29.2 Å². The Labute approximate surface area is 134 Å². The Hall–Kier alpha value is -0.0900. The summed E-state index contributed by atoms with van der Waals surface area (Å²) in [6, 6.07) is 1.23. The van der Waals surface area contributed by atoms with Crippen molar-refractivity contribution in [3.8, 4) is 0 Å². The van der Waals surface area contributed by atoms with Crippen LogP contribution in [0.3, 0.4) is 0 Å². The van der Waals surface area contributed by atoms with E-state index in [0.29, 0.717) is 16.9 Å². The van der Waals surface area contributed by atoms with E-state index in [1.54, 1.807) is 11.8 Å². The van der Waals surface area contributed by atoms with E-state index >= 15 is 0 Å². The van der Waals surface area contributed by atoms with Gasteiger partial charge in [0.1, 0.15) is 9.77 Å². The number of carbonyl (C=O) groups is 1. The highest BCUT2D eigenvalue weighted by atomic mass is 79.9. The maximum Gasteiger partial charge on any atom is 0.345 e. The summed E-state index contributed by atoms with van der Waals surface area (Å²) in [6.07, 6.45) is 0. The van der Waals surface area contributed by atoms with Crippen molar-refractivity contribution in [1.82, 2.24) is 4.31 Å². The standard InChI is InChI=1S/C11H14BrNO4S3/c1-6-4-13(5-7(2)18-6)20(16,17)9-3-8(11(14)15)19-10(9)12/h3,6-7H,4-5H2,1-2H3,(H,14,15). The van der Waals surface area contributed by atoms with E-state index in [2.05, 4.69) is 15.9 Å². The number of thiophene rings is 1. The molecule has 1 aliphatic rings. The second-order valence-electron chi connectivity index (χ2n) is 4.63. The van der Waals surface area contributed by atoms with Gasteiger partial charge in [-0.15, -0.1) is 11.3 Å². The minimum absolute atomic E-state index is 0.0166. The molecule has 0 amide bonds. The van der Waals surface area contributed by atoms with Crippen LogP contribution in [-0.2, 0) is 10.0 Å². The molecule has 2 atom stereocenters. The number of rotatable bonds is 3. The molecule has 112 valence electrons. The van der Waals surface area contributed by atoms with Crippen LogP contribution >= 0.6 is 39.0 Å². The number of carboxylic acids is 1. The van der Waals surface area contributed by atoms with Gasteiger partial charge in [0.25, 0.3) is 0 Å². The van der Waals surface area contributed by atoms with Crippen LogP contribution < -0.4 is 0 Å². The molecule has 2 unspecified atom stereocenters. The minimum Gasteiger partial charge on any atom is -0.477 e. The first-order valence-corrected chi connectivity index (χ1v) is 9.89. The molecule has 1 aliphatic heterocycles. The second kappa shape index (κ2) is 5.96. The van der Waals surface area contributed by atoms with Crippen molar-refractivity contribution in [2.75, 3.05) is 13.1 Å². The molecule has 0 saturated carbocycles. The third-order valence-electron chi connectivity index (χ3n) is 2.87. The summed E-state index contributed by atoms with van der Waals surface area (Å²) in [4.78, 5) is 11.0. The maximum absolute atomic E-state index is 12.6. The fraction of sp³-hybridized carbons (Fsp3) is 0.545. The molecule has 2 heterocycles. The number of aromatic carboxylic acids is 1. The summed E-state index contributed by atoms with van der Waals surface area (Å²) >= 11 is 5.84. The predicted octanol–water partition coefficient (Wildman–Crippen LogP) is 2.72. The zero-order valence-corrected chi connectivity index (χ0v) is 14.9. The van der Waals surface area contributed by atoms with Gasteiger partial charge in [-0.3, -0.25) is 0 Å². The summed E-state index contributed by atoms with van der Waals surface area (Å²) in [7, 11) is -3.65. The third kappa shape index (κ3) is 3.22. The molecule has 1 fully saturated rings. The second-order valence-corrected chi connectivity index (χ2v) is 10.8. The summed E-state index contributed by atoms with van der Waals surface area (Å²) in [5, 5.41) is 9.41. The van der Waals surface area contributed by atoms with E-state index < -0.39 is 16.0 Å². The van der Waals surface area contributed by atoms with Gasteiger partial charge in [-0.1, -0.05) is 13.8 Å². The van der Waals surface area contributed by atoms with E-state index in [4.69, 9.17) is 5.11 Å². The van der Waals surface area contributed by atoms with Crippen LogP contribution in [0.4, 0.5) is 0 Å². The molecule has 0 radical (unpaired) electrons. The summed E-state index contributed by atoms with van der Waals surface area (Å²) in [5.74, 6) is -1.12. The van der Waals surface area contributed by atoms with E-state index in [1.807, 2.05) is 13.8 Å². The molecule has 1 aromatic heterocycles. The lowest BCUT2D eigenvalue weighted by Gasteiger charge is -2.33. The smallest absolute Gasteiger partial charge is 0.345 e. The van der Waals surface area contributed by atoms with Crippen molar-refractivity contribution in [3.05, 3.63) is 14.7 Å². The van der Waals surface area contributed by atoms with Crippen LogP contribution in [0.15, 0.2) is 14.7 Å². The highest BCUT2D eigenvalue weighted by Gasteiger charge is 2.34. The zero-order valence-electron chi connectivity index (χ0n) is 10.9. The molecular weight excluding hydrogens is 386 g/mol. The molecule has 5 nitrogen and oxygen atoms in total. The molecule has 2 rings (SSSR count). The van der Waals surface area contributed by atoms with Gasteiger partial charge in [-0.05, 0) is 22.0 Å². The Morgan fingerprint density at radius 2 is 1.95 bits per heavy atom. The Kier molecular flexibility index (Phi) is 4.85. The number of halogens is 1. The Bertz CT molecular complexity index is 618. The summed E-state index contributed by atoms with van der Waals surface area (Å²) in [6.45, 7) is 4.88. The van der Waals surface area contributed by atoms with Crippen LogP contribution in [0.5, 0.6) is 0 Å². The van der Waals surface area contributed by atoms with E-state index in [-0.39, 0.29) is 20.3 Å². The van der Waals surface area contributed by atoms with Gasteiger partial charge in [0.05, 0.1) is 3.79 Å². The molecular formula is C11H14BrNO4S3. The van der Waals surface area contributed by atoms with Gasteiger partial charge in [-0.25, -0.2) is 13.2 Å². The van der Waals surface area contributed by atoms with Crippen molar-refractivity contribution < 1.29 is 18.3 Å². The van der Waals surface area contributed by atoms with Crippen molar-refractivity contribution in [2.24, 2.45) is 0 Å². The Balaban J connectivity index is 2.37. The monoisotopic (exact) mass is 399 g/mol. The van der Waals surface area contributed by atoms with Crippen LogP contribution in [-0.4, -0.2) is 47.4 Å². The molecule has 1 N–H and O–H groups in total. The van der Waals surface area contributed by atoms with Gasteiger partial charge in [-0.2, -0.15) is 16.1 Å². The van der Waals surface area contributed by atoms with E-state index in [0.717, 1.165) is 11.3 Å². The fourth-order valence-electron chi connectivity index (χ4n) is 2.10. The Morgan fingerprint density at radius 1 is 1.40 bits per heavy atom. The quantitative estimate of drug-likeness (QED) is 0.845. The molecule has 0 aliphatic carbocycles. The summed E-state index contributed by atoms with van der Waals surface area (Å²) in [5.41, 5.74) is 0. The molecule has 0 spiro atoms. The number of carboxylic acid groups (broad SMARTS) is 1. The van der Waals surface area contributed by atoms with Gasteiger partial charge < -0.3 is 5.11 Å². The summed E-state index contributed by atoms with van der Waals surface area (Å²) < 4.78 is 27.1. The van der Waals surface area contributed by atoms with Crippen LogP contribution in [0.1, 0.15) is 23.5 Å². The molecule has 0 bridgehead atoms. The molecule has 1 aromatic rings. The SMILES string of the molecule is CC1CN(S(=O)(=O)c2cc(C(=O)O)sc2Br)CC(C)S1. The average Bonchev–Trinajstić information content (AvgIpc) is 2.71. The molecule has 0 aromatic carbocycles. The zero-order chi connectivity index (χ0) is 15.1. The molecule has 9 heteroatoms. The van der Waals surface area contributed by atoms with E-state index in [1.165, 1.54) is 10.4 Å². The first-order valence-electron chi connectivity index (χ1n) is 5.90. The van der Waals surface area contributed by atoms with Crippen LogP contribution in [0, 0.1) is 0 Å². The number of thioether (sulfide) groups is 1. The number of sulfonamides is 1. The Morgan fingerprint density at radius 3 is 2.40 bits per heavy atom. The average molecular weight is 400 g/mol. The van der Waals surface area contributed by atoms with Crippen molar-refractivity contribution >= 4 is 55.0 Å². The molecule has 1 saturated heterocycles. The first kappa shape index (κ1) is 16.3. The van der Waals surface area contributed by atoms with Gasteiger partial charge >= 0.3 is 5.97 Å². The van der Waals surface area contributed by atoms with Gasteiger partial charge in [0, 0.05) is 23.6 Å².